The molecule has 1 aliphatic rings. The second-order valence-electron chi connectivity index (χ2n) is 5.68. The van der Waals surface area contributed by atoms with Gasteiger partial charge in [0.1, 0.15) is 0 Å². The van der Waals surface area contributed by atoms with Crippen molar-refractivity contribution >= 4 is 23.5 Å². The van der Waals surface area contributed by atoms with Crippen LogP contribution in [0.25, 0.3) is 0 Å². The number of nitrogens with zero attached hydrogens (tertiary/aromatic N) is 2. The Labute approximate surface area is 145 Å². The van der Waals surface area contributed by atoms with E-state index in [2.05, 4.69) is 4.98 Å². The number of benzene rings is 1. The molecule has 5 nitrogen and oxygen atoms in total. The van der Waals surface area contributed by atoms with Gasteiger partial charge in [-0.05, 0) is 35.2 Å². The van der Waals surface area contributed by atoms with Gasteiger partial charge < -0.3 is 9.64 Å². The Bertz CT molecular complexity index is 774. The fourth-order valence-electron chi connectivity index (χ4n) is 2.88. The minimum Gasteiger partial charge on any atom is -0.465 e. The molecule has 0 saturated heterocycles. The van der Waals surface area contributed by atoms with E-state index in [-0.39, 0.29) is 11.9 Å². The van der Waals surface area contributed by atoms with Gasteiger partial charge in [-0.15, -0.1) is 0 Å². The van der Waals surface area contributed by atoms with E-state index >= 15 is 0 Å². The summed E-state index contributed by atoms with van der Waals surface area (Å²) in [5.74, 6) is -0.341. The summed E-state index contributed by atoms with van der Waals surface area (Å²) < 4.78 is 4.80. The molecule has 0 saturated carbocycles. The highest BCUT2D eigenvalue weighted by molar-refractivity contribution is 6.30. The average Bonchev–Trinajstić information content (AvgIpc) is 2.62. The largest absolute Gasteiger partial charge is 0.465 e. The Morgan fingerprint density at radius 2 is 2.00 bits per heavy atom. The molecule has 0 atom stereocenters. The first-order valence-electron chi connectivity index (χ1n) is 7.64. The molecule has 1 aromatic heterocycles. The number of halogens is 1. The number of amides is 1. The zero-order chi connectivity index (χ0) is 17.1. The van der Waals surface area contributed by atoms with E-state index < -0.39 is 0 Å². The van der Waals surface area contributed by atoms with Gasteiger partial charge in [0.25, 0.3) is 0 Å². The number of carbonyl (C=O) groups is 2. The number of esters is 1. The fraction of sp³-hybridized carbons (Fsp3) is 0.278. The molecule has 0 aliphatic carbocycles. The lowest BCUT2D eigenvalue weighted by Crippen LogP contribution is -2.37. The van der Waals surface area contributed by atoms with Crippen LogP contribution in [-0.4, -0.2) is 35.4 Å². The van der Waals surface area contributed by atoms with E-state index in [0.29, 0.717) is 36.5 Å². The van der Waals surface area contributed by atoms with Crippen LogP contribution in [0.3, 0.4) is 0 Å². The maximum atomic E-state index is 12.5. The van der Waals surface area contributed by atoms with Gasteiger partial charge in [-0.3, -0.25) is 9.78 Å². The van der Waals surface area contributed by atoms with E-state index in [9.17, 15) is 9.59 Å². The number of hydrogen-bond donors (Lipinski definition) is 0. The van der Waals surface area contributed by atoms with Gasteiger partial charge in [0, 0.05) is 30.5 Å². The summed E-state index contributed by atoms with van der Waals surface area (Å²) >= 11 is 5.87. The van der Waals surface area contributed by atoms with Crippen molar-refractivity contribution in [3.05, 3.63) is 63.9 Å². The molecule has 1 amide bonds. The SMILES string of the molecule is COC(=O)c1cncc2c1CCN(C(=O)Cc1ccc(Cl)cc1)C2. The molecule has 24 heavy (non-hydrogen) atoms. The maximum Gasteiger partial charge on any atom is 0.339 e. The van der Waals surface area contributed by atoms with Crippen LogP contribution >= 0.6 is 11.6 Å². The van der Waals surface area contributed by atoms with E-state index in [1.165, 1.54) is 13.3 Å². The number of rotatable bonds is 3. The third-order valence-corrected chi connectivity index (χ3v) is 4.42. The Balaban J connectivity index is 1.74. The van der Waals surface area contributed by atoms with Crippen molar-refractivity contribution in [3.8, 4) is 0 Å². The van der Waals surface area contributed by atoms with E-state index in [0.717, 1.165) is 16.7 Å². The van der Waals surface area contributed by atoms with Gasteiger partial charge >= 0.3 is 5.97 Å². The molecule has 1 aliphatic heterocycles. The Morgan fingerprint density at radius 1 is 1.25 bits per heavy atom. The summed E-state index contributed by atoms with van der Waals surface area (Å²) in [7, 11) is 1.35. The number of methoxy groups -OCH3 is 1. The number of pyridine rings is 1. The first-order valence-corrected chi connectivity index (χ1v) is 8.02. The summed E-state index contributed by atoms with van der Waals surface area (Å²) in [4.78, 5) is 30.2. The molecule has 6 heteroatoms. The molecule has 2 aromatic rings. The van der Waals surface area contributed by atoms with Gasteiger partial charge in [-0.1, -0.05) is 23.7 Å². The van der Waals surface area contributed by atoms with E-state index in [1.54, 1.807) is 23.2 Å². The van der Waals surface area contributed by atoms with Crippen molar-refractivity contribution in [3.63, 3.8) is 0 Å². The summed E-state index contributed by atoms with van der Waals surface area (Å²) in [6.07, 6.45) is 4.19. The van der Waals surface area contributed by atoms with Crippen LogP contribution in [0.5, 0.6) is 0 Å². The third-order valence-electron chi connectivity index (χ3n) is 4.17. The number of ether oxygens (including phenoxy) is 1. The maximum absolute atomic E-state index is 12.5. The van der Waals surface area contributed by atoms with Crippen molar-refractivity contribution in [2.24, 2.45) is 0 Å². The van der Waals surface area contributed by atoms with Crippen molar-refractivity contribution in [1.82, 2.24) is 9.88 Å². The first kappa shape index (κ1) is 16.5. The van der Waals surface area contributed by atoms with Gasteiger partial charge in [-0.2, -0.15) is 0 Å². The predicted octanol–water partition coefficient (Wildman–Crippen LogP) is 2.65. The monoisotopic (exact) mass is 344 g/mol. The summed E-state index contributed by atoms with van der Waals surface area (Å²) in [5, 5.41) is 0.652. The lowest BCUT2D eigenvalue weighted by atomic mass is 9.96. The zero-order valence-electron chi connectivity index (χ0n) is 13.3. The van der Waals surface area contributed by atoms with Crippen molar-refractivity contribution < 1.29 is 14.3 Å². The van der Waals surface area contributed by atoms with Crippen molar-refractivity contribution in [1.29, 1.82) is 0 Å². The minimum absolute atomic E-state index is 0.0476. The molecule has 3 rings (SSSR count). The number of hydrogen-bond acceptors (Lipinski definition) is 4. The van der Waals surface area contributed by atoms with E-state index in [4.69, 9.17) is 16.3 Å². The molecule has 0 N–H and O–H groups in total. The van der Waals surface area contributed by atoms with Crippen LogP contribution in [0.1, 0.15) is 27.0 Å². The molecule has 1 aromatic carbocycles. The van der Waals surface area contributed by atoms with Gasteiger partial charge in [0.2, 0.25) is 5.91 Å². The summed E-state index contributed by atoms with van der Waals surface area (Å²) in [6.45, 7) is 1.03. The molecular weight excluding hydrogens is 328 g/mol. The molecule has 0 spiro atoms. The molecule has 0 fully saturated rings. The van der Waals surface area contributed by atoms with Crippen LogP contribution < -0.4 is 0 Å². The van der Waals surface area contributed by atoms with Crippen LogP contribution in [0, 0.1) is 0 Å². The highest BCUT2D eigenvalue weighted by Crippen LogP contribution is 2.23. The highest BCUT2D eigenvalue weighted by Gasteiger charge is 2.25. The van der Waals surface area contributed by atoms with Gasteiger partial charge in [0.05, 0.1) is 19.1 Å². The second-order valence-corrected chi connectivity index (χ2v) is 6.12. The second kappa shape index (κ2) is 7.01. The Hall–Kier alpha value is -2.40. The quantitative estimate of drug-likeness (QED) is 0.803. The normalized spacial score (nSPS) is 13.3. The number of aromatic nitrogens is 1. The number of carbonyl (C=O) groups excluding carboxylic acids is 2. The Morgan fingerprint density at radius 3 is 2.71 bits per heavy atom. The minimum atomic E-state index is -0.389. The Kier molecular flexibility index (Phi) is 4.81. The molecule has 124 valence electrons. The van der Waals surface area contributed by atoms with E-state index in [1.807, 2.05) is 12.1 Å². The van der Waals surface area contributed by atoms with Gasteiger partial charge in [0.15, 0.2) is 0 Å². The van der Waals surface area contributed by atoms with Crippen LogP contribution in [-0.2, 0) is 28.9 Å². The summed E-state index contributed by atoms with van der Waals surface area (Å²) in [5.41, 5.74) is 3.23. The van der Waals surface area contributed by atoms with Crippen LogP contribution in [0.15, 0.2) is 36.7 Å². The van der Waals surface area contributed by atoms with Gasteiger partial charge in [-0.25, -0.2) is 4.79 Å². The number of fused-ring (bicyclic) bond motifs is 1. The molecule has 0 bridgehead atoms. The topological polar surface area (TPSA) is 59.5 Å². The average molecular weight is 345 g/mol. The molecule has 0 unspecified atom stereocenters. The summed E-state index contributed by atoms with van der Waals surface area (Å²) in [6, 6.07) is 7.27. The first-order chi connectivity index (χ1) is 11.6. The smallest absolute Gasteiger partial charge is 0.339 e. The lowest BCUT2D eigenvalue weighted by Gasteiger charge is -2.29. The highest BCUT2D eigenvalue weighted by atomic mass is 35.5. The third kappa shape index (κ3) is 3.41. The lowest BCUT2D eigenvalue weighted by molar-refractivity contribution is -0.131. The fourth-order valence-corrected chi connectivity index (χ4v) is 3.01. The van der Waals surface area contributed by atoms with Crippen LogP contribution in [0.4, 0.5) is 0 Å². The molecule has 2 heterocycles. The van der Waals surface area contributed by atoms with Crippen molar-refractivity contribution in [2.75, 3.05) is 13.7 Å². The molecule has 0 radical (unpaired) electrons. The standard InChI is InChI=1S/C18H17ClN2O3/c1-24-18(23)16-10-20-9-13-11-21(7-6-15(13)16)17(22)8-12-2-4-14(19)5-3-12/h2-5,9-10H,6-8,11H2,1H3. The molecular formula is C18H17ClN2O3. The van der Waals surface area contributed by atoms with Crippen molar-refractivity contribution in [2.45, 2.75) is 19.4 Å². The van der Waals surface area contributed by atoms with Crippen LogP contribution in [0.2, 0.25) is 5.02 Å². The zero-order valence-corrected chi connectivity index (χ0v) is 14.0. The predicted molar refractivity (Wildman–Crippen MR) is 89.9 cm³/mol.